The van der Waals surface area contributed by atoms with Crippen molar-refractivity contribution in [2.45, 2.75) is 12.8 Å². The number of nitrogens with two attached hydrogens (primary N) is 1. The molecule has 0 radical (unpaired) electrons. The number of nitrogen functional groups attached to an aromatic ring is 1. The maximum absolute atomic E-state index is 13.2. The van der Waals surface area contributed by atoms with Gasteiger partial charge in [0.25, 0.3) is 5.56 Å². The zero-order chi connectivity index (χ0) is 24.6. The van der Waals surface area contributed by atoms with Crippen LogP contribution in [0, 0.1) is 0 Å². The summed E-state index contributed by atoms with van der Waals surface area (Å²) in [4.78, 5) is 27.8. The van der Waals surface area contributed by atoms with Crippen LogP contribution in [0.5, 0.6) is 0 Å². The average Bonchev–Trinajstić information content (AvgIpc) is 3.58. The Bertz CT molecular complexity index is 1620. The van der Waals surface area contributed by atoms with Gasteiger partial charge in [0.05, 0.1) is 28.3 Å². The fourth-order valence-electron chi connectivity index (χ4n) is 4.85. The molecule has 182 valence electrons. The third-order valence-electron chi connectivity index (χ3n) is 6.72. The number of pyridine rings is 1. The van der Waals surface area contributed by atoms with E-state index in [4.69, 9.17) is 10.7 Å². The first-order valence-electron chi connectivity index (χ1n) is 12.0. The molecule has 6 rings (SSSR count). The highest BCUT2D eigenvalue weighted by atomic mass is 79.9. The molecule has 9 nitrogen and oxygen atoms in total. The first-order valence-corrected chi connectivity index (χ1v) is 12.7. The Hall–Kier alpha value is -3.76. The molecule has 0 atom stereocenters. The van der Waals surface area contributed by atoms with Crippen molar-refractivity contribution in [3.05, 3.63) is 63.6 Å². The van der Waals surface area contributed by atoms with Crippen LogP contribution in [0.25, 0.3) is 44.3 Å². The van der Waals surface area contributed by atoms with E-state index < -0.39 is 0 Å². The Balaban J connectivity index is 1.32. The summed E-state index contributed by atoms with van der Waals surface area (Å²) in [6.45, 7) is 4.21. The van der Waals surface area contributed by atoms with E-state index in [2.05, 4.69) is 46.3 Å². The van der Waals surface area contributed by atoms with Crippen LogP contribution >= 0.6 is 15.9 Å². The largest absolute Gasteiger partial charge is 0.398 e. The molecule has 1 saturated heterocycles. The Kier molecular flexibility index (Phi) is 5.90. The van der Waals surface area contributed by atoms with E-state index in [0.717, 1.165) is 46.5 Å². The van der Waals surface area contributed by atoms with Crippen molar-refractivity contribution in [1.29, 1.82) is 0 Å². The number of aromatic amines is 2. The van der Waals surface area contributed by atoms with Gasteiger partial charge in [-0.1, -0.05) is 12.1 Å². The number of anilines is 2. The summed E-state index contributed by atoms with van der Waals surface area (Å²) in [5, 5.41) is 11.7. The summed E-state index contributed by atoms with van der Waals surface area (Å²) < 4.78 is 0.683. The number of nitrogens with zero attached hydrogens (tertiary/aromatic N) is 4. The van der Waals surface area contributed by atoms with E-state index in [9.17, 15) is 4.79 Å². The molecule has 1 aliphatic rings. The quantitative estimate of drug-likeness (QED) is 0.233. The molecule has 0 aliphatic carbocycles. The van der Waals surface area contributed by atoms with Crippen LogP contribution in [0.3, 0.4) is 0 Å². The van der Waals surface area contributed by atoms with Crippen LogP contribution in [0.4, 0.5) is 11.5 Å². The molecule has 36 heavy (non-hydrogen) atoms. The third-order valence-corrected chi connectivity index (χ3v) is 7.33. The van der Waals surface area contributed by atoms with Crippen LogP contribution in [-0.2, 0) is 0 Å². The topological polar surface area (TPSA) is 129 Å². The van der Waals surface area contributed by atoms with E-state index in [1.807, 2.05) is 36.4 Å². The van der Waals surface area contributed by atoms with Crippen LogP contribution in [0.2, 0.25) is 0 Å². The van der Waals surface area contributed by atoms with Gasteiger partial charge < -0.3 is 20.9 Å². The van der Waals surface area contributed by atoms with E-state index in [-0.39, 0.29) is 5.56 Å². The molecule has 10 heteroatoms. The number of fused-ring (bicyclic) bond motifs is 2. The number of rotatable bonds is 6. The molecular weight excluding hydrogens is 520 g/mol. The second-order valence-electron chi connectivity index (χ2n) is 9.00. The van der Waals surface area contributed by atoms with Gasteiger partial charge in [-0.15, -0.1) is 0 Å². The van der Waals surface area contributed by atoms with Crippen LogP contribution < -0.4 is 16.6 Å². The van der Waals surface area contributed by atoms with Crippen molar-refractivity contribution in [2.75, 3.05) is 37.2 Å². The number of nitrogens with one attached hydrogen (secondary N) is 3. The Labute approximate surface area is 215 Å². The predicted molar refractivity (Wildman–Crippen MR) is 147 cm³/mol. The highest BCUT2D eigenvalue weighted by Gasteiger charge is 2.18. The highest BCUT2D eigenvalue weighted by molar-refractivity contribution is 9.10. The molecule has 0 bridgehead atoms. The van der Waals surface area contributed by atoms with Crippen LogP contribution in [0.15, 0.2) is 58.1 Å². The van der Waals surface area contributed by atoms with Gasteiger partial charge in [-0.25, -0.2) is 9.97 Å². The first-order chi connectivity index (χ1) is 17.6. The molecule has 0 unspecified atom stereocenters. The van der Waals surface area contributed by atoms with Crippen molar-refractivity contribution in [3.63, 3.8) is 0 Å². The van der Waals surface area contributed by atoms with Crippen molar-refractivity contribution in [3.8, 4) is 22.5 Å². The predicted octanol–water partition coefficient (Wildman–Crippen LogP) is 4.38. The van der Waals surface area contributed by atoms with E-state index in [0.29, 0.717) is 26.9 Å². The minimum Gasteiger partial charge on any atom is -0.398 e. The minimum atomic E-state index is -0.303. The van der Waals surface area contributed by atoms with Crippen LogP contribution in [-0.4, -0.2) is 56.2 Å². The Morgan fingerprint density at radius 3 is 2.78 bits per heavy atom. The van der Waals surface area contributed by atoms with Crippen molar-refractivity contribution < 1.29 is 0 Å². The van der Waals surface area contributed by atoms with Gasteiger partial charge in [0, 0.05) is 40.3 Å². The number of H-pyrrole nitrogens is 2. The number of benzene rings is 2. The fourth-order valence-corrected chi connectivity index (χ4v) is 5.37. The normalized spacial score (nSPS) is 14.1. The SMILES string of the molecule is Nc1c(-c2cccc3[nH]ncc23)cc(Br)c2nc(-c3ccc(NCCN4CCCC4)nc3)[nH]c(=O)c12. The molecule has 0 amide bonds. The highest BCUT2D eigenvalue weighted by Crippen LogP contribution is 2.38. The minimum absolute atomic E-state index is 0.303. The molecule has 3 aromatic heterocycles. The molecular formula is C26H25BrN8O. The van der Waals surface area contributed by atoms with E-state index in [1.54, 1.807) is 12.4 Å². The molecule has 5 aromatic rings. The second kappa shape index (κ2) is 9.36. The van der Waals surface area contributed by atoms with Crippen LogP contribution in [0.1, 0.15) is 12.8 Å². The van der Waals surface area contributed by atoms with Gasteiger partial charge in [0.1, 0.15) is 11.6 Å². The van der Waals surface area contributed by atoms with E-state index in [1.165, 1.54) is 25.9 Å². The lowest BCUT2D eigenvalue weighted by Crippen LogP contribution is -2.26. The second-order valence-corrected chi connectivity index (χ2v) is 9.86. The third kappa shape index (κ3) is 4.12. The lowest BCUT2D eigenvalue weighted by Gasteiger charge is -2.15. The number of halogens is 1. The first kappa shape index (κ1) is 22.7. The number of aromatic nitrogens is 5. The lowest BCUT2D eigenvalue weighted by molar-refractivity contribution is 0.352. The van der Waals surface area contributed by atoms with Gasteiger partial charge in [0.15, 0.2) is 0 Å². The maximum atomic E-state index is 13.2. The summed E-state index contributed by atoms with van der Waals surface area (Å²) in [5.41, 5.74) is 10.4. The molecule has 1 aliphatic heterocycles. The Morgan fingerprint density at radius 1 is 1.11 bits per heavy atom. The van der Waals surface area contributed by atoms with Crippen molar-refractivity contribution in [2.24, 2.45) is 0 Å². The van der Waals surface area contributed by atoms with Gasteiger partial charge in [-0.05, 0) is 71.7 Å². The smallest absolute Gasteiger partial charge is 0.261 e. The zero-order valence-corrected chi connectivity index (χ0v) is 21.1. The molecule has 4 heterocycles. The summed E-state index contributed by atoms with van der Waals surface area (Å²) in [5.74, 6) is 1.23. The standard InChI is InChI=1S/C26H25BrN8O/c27-19-12-17(16-4-3-5-20-18(16)14-31-34-20)23(28)22-24(19)32-25(33-26(22)36)15-6-7-21(30-13-15)29-8-11-35-9-1-2-10-35/h3-7,12-14H,1-2,8-11,28H2,(H,29,30)(H,31,34)(H,32,33,36). The maximum Gasteiger partial charge on any atom is 0.261 e. The van der Waals surface area contributed by atoms with Gasteiger partial charge >= 0.3 is 0 Å². The van der Waals surface area contributed by atoms with Crippen molar-refractivity contribution in [1.82, 2.24) is 30.0 Å². The molecule has 0 spiro atoms. The average molecular weight is 545 g/mol. The molecule has 1 fully saturated rings. The molecule has 5 N–H and O–H groups in total. The van der Waals surface area contributed by atoms with Gasteiger partial charge in [-0.3, -0.25) is 9.89 Å². The monoisotopic (exact) mass is 544 g/mol. The molecule has 0 saturated carbocycles. The number of hydrogen-bond acceptors (Lipinski definition) is 7. The summed E-state index contributed by atoms with van der Waals surface area (Å²) in [6, 6.07) is 11.5. The van der Waals surface area contributed by atoms with Gasteiger partial charge in [-0.2, -0.15) is 5.10 Å². The number of hydrogen-bond donors (Lipinski definition) is 4. The van der Waals surface area contributed by atoms with Crippen molar-refractivity contribution >= 4 is 49.2 Å². The Morgan fingerprint density at radius 2 is 1.97 bits per heavy atom. The number of likely N-dealkylation sites (tertiary alicyclic amines) is 1. The molecule has 2 aromatic carbocycles. The summed E-state index contributed by atoms with van der Waals surface area (Å²) >= 11 is 3.62. The van der Waals surface area contributed by atoms with E-state index >= 15 is 0 Å². The summed E-state index contributed by atoms with van der Waals surface area (Å²) in [6.07, 6.45) is 6.04. The lowest BCUT2D eigenvalue weighted by atomic mass is 9.98. The van der Waals surface area contributed by atoms with Gasteiger partial charge in [0.2, 0.25) is 0 Å². The fraction of sp³-hybridized carbons (Fsp3) is 0.231. The zero-order valence-electron chi connectivity index (χ0n) is 19.5. The summed E-state index contributed by atoms with van der Waals surface area (Å²) in [7, 11) is 0.